The molecule has 0 aliphatic rings. The standard InChI is InChI=1S/C18H22N2O3.ClH/c1-14(20(2)12-18(21)22)11-15-6-8-17(9-7-15)23-13-16-5-3-4-10-19-16;/h3-10,14H,11-13H2,1-2H3,(H,21,22);1H/t14-;/m1./s1. The molecule has 0 saturated carbocycles. The molecule has 1 aromatic heterocycles. The van der Waals surface area contributed by atoms with Gasteiger partial charge in [-0.3, -0.25) is 14.7 Å². The average molecular weight is 351 g/mol. The van der Waals surface area contributed by atoms with Crippen molar-refractivity contribution in [1.82, 2.24) is 9.88 Å². The van der Waals surface area contributed by atoms with Gasteiger partial charge in [0, 0.05) is 12.2 Å². The van der Waals surface area contributed by atoms with Crippen molar-refractivity contribution in [1.29, 1.82) is 0 Å². The summed E-state index contributed by atoms with van der Waals surface area (Å²) in [5.74, 6) is -0.0106. The molecule has 1 N–H and O–H groups in total. The number of rotatable bonds is 8. The predicted molar refractivity (Wildman–Crippen MR) is 95.7 cm³/mol. The minimum Gasteiger partial charge on any atom is -0.487 e. The molecule has 0 amide bonds. The molecule has 2 aromatic rings. The van der Waals surface area contributed by atoms with Crippen LogP contribution >= 0.6 is 12.4 Å². The first-order valence-corrected chi connectivity index (χ1v) is 7.58. The molecule has 1 atom stereocenters. The van der Waals surface area contributed by atoms with Gasteiger partial charge in [-0.05, 0) is 50.2 Å². The van der Waals surface area contributed by atoms with Gasteiger partial charge in [0.05, 0.1) is 12.2 Å². The minimum atomic E-state index is -0.808. The Morgan fingerprint density at radius 2 is 1.96 bits per heavy atom. The van der Waals surface area contributed by atoms with Crippen molar-refractivity contribution in [2.24, 2.45) is 0 Å². The number of likely N-dealkylation sites (N-methyl/N-ethyl adjacent to an activating group) is 1. The molecule has 1 heterocycles. The van der Waals surface area contributed by atoms with Gasteiger partial charge in [-0.15, -0.1) is 12.4 Å². The second-order valence-corrected chi connectivity index (χ2v) is 5.62. The van der Waals surface area contributed by atoms with Gasteiger partial charge in [0.1, 0.15) is 12.4 Å². The fraction of sp³-hybridized carbons (Fsp3) is 0.333. The third kappa shape index (κ3) is 6.56. The molecule has 0 aliphatic carbocycles. The van der Waals surface area contributed by atoms with Crippen molar-refractivity contribution in [2.75, 3.05) is 13.6 Å². The first-order chi connectivity index (χ1) is 11.0. The minimum absolute atomic E-state index is 0. The summed E-state index contributed by atoms with van der Waals surface area (Å²) >= 11 is 0. The highest BCUT2D eigenvalue weighted by atomic mass is 35.5. The summed E-state index contributed by atoms with van der Waals surface area (Å²) in [5.41, 5.74) is 2.04. The molecule has 6 heteroatoms. The van der Waals surface area contributed by atoms with Crippen molar-refractivity contribution in [3.8, 4) is 5.75 Å². The number of ether oxygens (including phenoxy) is 1. The van der Waals surface area contributed by atoms with Crippen LogP contribution in [-0.4, -0.2) is 40.6 Å². The molecule has 0 unspecified atom stereocenters. The van der Waals surface area contributed by atoms with Gasteiger partial charge >= 0.3 is 5.97 Å². The molecule has 24 heavy (non-hydrogen) atoms. The van der Waals surface area contributed by atoms with E-state index in [1.165, 1.54) is 0 Å². The number of benzene rings is 1. The lowest BCUT2D eigenvalue weighted by Gasteiger charge is -2.22. The molecule has 0 bridgehead atoms. The lowest BCUT2D eigenvalue weighted by Crippen LogP contribution is -2.35. The lowest BCUT2D eigenvalue weighted by atomic mass is 10.1. The number of hydrogen-bond acceptors (Lipinski definition) is 4. The van der Waals surface area contributed by atoms with Crippen LogP contribution in [0.1, 0.15) is 18.2 Å². The monoisotopic (exact) mass is 350 g/mol. The first-order valence-electron chi connectivity index (χ1n) is 7.58. The molecule has 0 spiro atoms. The van der Waals surface area contributed by atoms with E-state index in [1.54, 1.807) is 6.20 Å². The van der Waals surface area contributed by atoms with Gasteiger partial charge in [0.2, 0.25) is 0 Å². The van der Waals surface area contributed by atoms with E-state index in [9.17, 15) is 4.79 Å². The Kier molecular flexibility index (Phi) is 8.22. The maximum Gasteiger partial charge on any atom is 0.317 e. The Morgan fingerprint density at radius 3 is 2.54 bits per heavy atom. The van der Waals surface area contributed by atoms with Gasteiger partial charge in [0.25, 0.3) is 0 Å². The number of aromatic nitrogens is 1. The van der Waals surface area contributed by atoms with Crippen molar-refractivity contribution in [3.63, 3.8) is 0 Å². The van der Waals surface area contributed by atoms with Crippen LogP contribution in [0.3, 0.4) is 0 Å². The fourth-order valence-corrected chi connectivity index (χ4v) is 2.23. The SMILES string of the molecule is C[C@H](Cc1ccc(OCc2ccccn2)cc1)N(C)CC(=O)O.Cl. The highest BCUT2D eigenvalue weighted by molar-refractivity contribution is 5.85. The number of aliphatic carboxylic acids is 1. The van der Waals surface area contributed by atoms with Gasteiger partial charge in [-0.2, -0.15) is 0 Å². The summed E-state index contributed by atoms with van der Waals surface area (Å²) in [6.45, 7) is 2.51. The second kappa shape index (κ2) is 9.90. The van der Waals surface area contributed by atoms with Crippen molar-refractivity contribution < 1.29 is 14.6 Å². The Labute approximate surface area is 148 Å². The molecule has 5 nitrogen and oxygen atoms in total. The van der Waals surface area contributed by atoms with Crippen LogP contribution in [0.15, 0.2) is 48.7 Å². The number of carboxylic acids is 1. The topological polar surface area (TPSA) is 62.7 Å². The third-order valence-corrected chi connectivity index (χ3v) is 3.70. The highest BCUT2D eigenvalue weighted by Crippen LogP contribution is 2.15. The Balaban J connectivity index is 0.00000288. The van der Waals surface area contributed by atoms with Gasteiger partial charge in [-0.25, -0.2) is 0 Å². The summed E-state index contributed by atoms with van der Waals surface area (Å²) < 4.78 is 5.70. The summed E-state index contributed by atoms with van der Waals surface area (Å²) in [6, 6.07) is 13.8. The van der Waals surface area contributed by atoms with E-state index in [0.29, 0.717) is 6.61 Å². The Morgan fingerprint density at radius 1 is 1.25 bits per heavy atom. The van der Waals surface area contributed by atoms with Crippen LogP contribution in [0.25, 0.3) is 0 Å². The zero-order chi connectivity index (χ0) is 16.7. The normalized spacial score (nSPS) is 11.6. The number of carbonyl (C=O) groups is 1. The van der Waals surface area contributed by atoms with Gasteiger partial charge in [-0.1, -0.05) is 18.2 Å². The lowest BCUT2D eigenvalue weighted by molar-refractivity contribution is -0.138. The van der Waals surface area contributed by atoms with E-state index in [1.807, 2.05) is 61.3 Å². The average Bonchev–Trinajstić information content (AvgIpc) is 2.54. The quantitative estimate of drug-likeness (QED) is 0.792. The largest absolute Gasteiger partial charge is 0.487 e. The first kappa shape index (κ1) is 19.9. The maximum atomic E-state index is 10.7. The molecular weight excluding hydrogens is 328 g/mol. The summed E-state index contributed by atoms with van der Waals surface area (Å²) in [6.07, 6.45) is 2.54. The molecular formula is C18H23ClN2O3. The molecule has 0 fully saturated rings. The van der Waals surface area contributed by atoms with Gasteiger partial charge < -0.3 is 9.84 Å². The van der Waals surface area contributed by atoms with Crippen LogP contribution in [-0.2, 0) is 17.8 Å². The van der Waals surface area contributed by atoms with E-state index >= 15 is 0 Å². The second-order valence-electron chi connectivity index (χ2n) is 5.62. The van der Waals surface area contributed by atoms with E-state index in [4.69, 9.17) is 9.84 Å². The molecule has 0 saturated heterocycles. The number of carboxylic acid groups (broad SMARTS) is 1. The van der Waals surface area contributed by atoms with Crippen molar-refractivity contribution in [3.05, 3.63) is 59.9 Å². The van der Waals surface area contributed by atoms with Crippen LogP contribution in [0.4, 0.5) is 0 Å². The van der Waals surface area contributed by atoms with Crippen molar-refractivity contribution >= 4 is 18.4 Å². The summed E-state index contributed by atoms with van der Waals surface area (Å²) in [5, 5.41) is 8.82. The van der Waals surface area contributed by atoms with Gasteiger partial charge in [0.15, 0.2) is 0 Å². The summed E-state index contributed by atoms with van der Waals surface area (Å²) in [7, 11) is 1.82. The van der Waals surface area contributed by atoms with E-state index in [-0.39, 0.29) is 25.0 Å². The number of pyridine rings is 1. The third-order valence-electron chi connectivity index (χ3n) is 3.70. The number of halogens is 1. The zero-order valence-corrected chi connectivity index (χ0v) is 14.7. The Hall–Kier alpha value is -2.11. The highest BCUT2D eigenvalue weighted by Gasteiger charge is 2.12. The maximum absolute atomic E-state index is 10.7. The van der Waals surface area contributed by atoms with E-state index in [0.717, 1.165) is 23.4 Å². The Bertz CT molecular complexity index is 620. The number of hydrogen-bond donors (Lipinski definition) is 1. The van der Waals surface area contributed by atoms with E-state index < -0.39 is 5.97 Å². The number of nitrogens with zero attached hydrogens (tertiary/aromatic N) is 2. The molecule has 2 rings (SSSR count). The molecule has 0 radical (unpaired) electrons. The molecule has 1 aromatic carbocycles. The summed E-state index contributed by atoms with van der Waals surface area (Å²) in [4.78, 5) is 16.8. The predicted octanol–water partition coefficient (Wildman–Crippen LogP) is 3.03. The fourth-order valence-electron chi connectivity index (χ4n) is 2.23. The van der Waals surface area contributed by atoms with Crippen molar-refractivity contribution in [2.45, 2.75) is 26.0 Å². The van der Waals surface area contributed by atoms with Crippen LogP contribution in [0, 0.1) is 0 Å². The molecule has 0 aliphatic heterocycles. The smallest absolute Gasteiger partial charge is 0.317 e. The van der Waals surface area contributed by atoms with E-state index in [2.05, 4.69) is 4.98 Å². The zero-order valence-electron chi connectivity index (χ0n) is 13.9. The van der Waals surface area contributed by atoms with Crippen LogP contribution < -0.4 is 4.74 Å². The van der Waals surface area contributed by atoms with Crippen LogP contribution in [0.2, 0.25) is 0 Å². The van der Waals surface area contributed by atoms with Crippen LogP contribution in [0.5, 0.6) is 5.75 Å². The molecule has 130 valence electrons.